The number of benzene rings is 1. The summed E-state index contributed by atoms with van der Waals surface area (Å²) in [7, 11) is 0. The molecule has 6 nitrogen and oxygen atoms in total. The van der Waals surface area contributed by atoms with Crippen LogP contribution in [0.2, 0.25) is 10.0 Å². The number of aromatic nitrogens is 1. The monoisotopic (exact) mass is 367 g/mol. The van der Waals surface area contributed by atoms with E-state index in [9.17, 15) is 14.7 Å². The molecule has 0 aliphatic rings. The van der Waals surface area contributed by atoms with Crippen LogP contribution in [0.1, 0.15) is 12.0 Å². The number of rotatable bonds is 7. The Morgan fingerprint density at radius 1 is 1.25 bits per heavy atom. The normalized spacial score (nSPS) is 11.8. The maximum absolute atomic E-state index is 12.1. The highest BCUT2D eigenvalue weighted by Crippen LogP contribution is 2.25. The minimum Gasteiger partial charge on any atom is -0.480 e. The summed E-state index contributed by atoms with van der Waals surface area (Å²) >= 11 is 11.8. The number of pyridine rings is 1. The van der Waals surface area contributed by atoms with Gasteiger partial charge in [0.25, 0.3) is 0 Å². The molecule has 1 aromatic carbocycles. The minimum absolute atomic E-state index is 0.242. The van der Waals surface area contributed by atoms with Crippen molar-refractivity contribution in [2.24, 2.45) is 0 Å². The number of aliphatic carboxylic acids is 1. The van der Waals surface area contributed by atoms with Crippen LogP contribution in [0.4, 0.5) is 5.69 Å². The Morgan fingerprint density at radius 3 is 2.67 bits per heavy atom. The highest BCUT2D eigenvalue weighted by Gasteiger charge is 2.21. The number of hydrogen-bond acceptors (Lipinski definition) is 4. The molecule has 126 valence electrons. The number of carbonyl (C=O) groups is 2. The average Bonchev–Trinajstić information content (AvgIpc) is 2.55. The topological polar surface area (TPSA) is 91.3 Å². The van der Waals surface area contributed by atoms with Crippen LogP contribution in [0.25, 0.3) is 0 Å². The van der Waals surface area contributed by atoms with Gasteiger partial charge < -0.3 is 10.4 Å². The van der Waals surface area contributed by atoms with Crippen LogP contribution in [0.15, 0.2) is 42.7 Å². The summed E-state index contributed by atoms with van der Waals surface area (Å²) in [6.07, 6.45) is 3.01. The lowest BCUT2D eigenvalue weighted by atomic mass is 10.1. The van der Waals surface area contributed by atoms with E-state index in [1.807, 2.05) is 6.07 Å². The molecule has 0 aliphatic carbocycles. The summed E-state index contributed by atoms with van der Waals surface area (Å²) in [6, 6.07) is 7.17. The van der Waals surface area contributed by atoms with Gasteiger partial charge in [0.1, 0.15) is 6.04 Å². The molecule has 1 amide bonds. The van der Waals surface area contributed by atoms with E-state index in [-0.39, 0.29) is 11.4 Å². The van der Waals surface area contributed by atoms with E-state index >= 15 is 0 Å². The molecule has 0 saturated carbocycles. The first kappa shape index (κ1) is 18.2. The van der Waals surface area contributed by atoms with Gasteiger partial charge in [-0.25, -0.2) is 0 Å². The zero-order valence-corrected chi connectivity index (χ0v) is 14.0. The minimum atomic E-state index is -1.11. The molecule has 0 fully saturated rings. The lowest BCUT2D eigenvalue weighted by Crippen LogP contribution is -2.39. The lowest BCUT2D eigenvalue weighted by molar-refractivity contribution is -0.141. The van der Waals surface area contributed by atoms with Crippen molar-refractivity contribution in [1.82, 2.24) is 10.3 Å². The van der Waals surface area contributed by atoms with Crippen molar-refractivity contribution < 1.29 is 14.7 Å². The van der Waals surface area contributed by atoms with Crippen molar-refractivity contribution in [1.29, 1.82) is 0 Å². The van der Waals surface area contributed by atoms with Crippen LogP contribution >= 0.6 is 23.2 Å². The van der Waals surface area contributed by atoms with E-state index in [1.165, 1.54) is 6.07 Å². The molecule has 24 heavy (non-hydrogen) atoms. The number of nitrogens with one attached hydrogen (secondary N) is 2. The Bertz CT molecular complexity index is 726. The largest absolute Gasteiger partial charge is 0.480 e. The van der Waals surface area contributed by atoms with Gasteiger partial charge >= 0.3 is 5.97 Å². The van der Waals surface area contributed by atoms with Gasteiger partial charge in [0, 0.05) is 24.0 Å². The van der Waals surface area contributed by atoms with Gasteiger partial charge in [0.2, 0.25) is 5.91 Å². The van der Waals surface area contributed by atoms with Gasteiger partial charge in [-0.3, -0.25) is 19.9 Å². The Hall–Kier alpha value is -2.15. The van der Waals surface area contributed by atoms with Crippen LogP contribution in [0.3, 0.4) is 0 Å². The van der Waals surface area contributed by atoms with E-state index in [0.29, 0.717) is 17.3 Å². The second-order valence-electron chi connectivity index (χ2n) is 5.01. The third kappa shape index (κ3) is 5.49. The molecule has 2 rings (SSSR count). The number of amides is 1. The molecule has 0 aliphatic heterocycles. The maximum atomic E-state index is 12.1. The van der Waals surface area contributed by atoms with Crippen molar-refractivity contribution in [3.8, 4) is 0 Å². The summed E-state index contributed by atoms with van der Waals surface area (Å²) in [5.74, 6) is -1.58. The van der Waals surface area contributed by atoms with Crippen LogP contribution in [-0.2, 0) is 16.1 Å². The first-order valence-electron chi connectivity index (χ1n) is 7.05. The van der Waals surface area contributed by atoms with E-state index in [4.69, 9.17) is 23.2 Å². The summed E-state index contributed by atoms with van der Waals surface area (Å²) in [4.78, 5) is 27.3. The van der Waals surface area contributed by atoms with Gasteiger partial charge in [0.05, 0.1) is 17.1 Å². The highest BCUT2D eigenvalue weighted by molar-refractivity contribution is 6.36. The van der Waals surface area contributed by atoms with Gasteiger partial charge in [0.15, 0.2) is 0 Å². The Morgan fingerprint density at radius 2 is 2.04 bits per heavy atom. The molecule has 0 spiro atoms. The molecule has 0 saturated heterocycles. The molecule has 1 heterocycles. The number of hydrogen-bond donors (Lipinski definition) is 3. The highest BCUT2D eigenvalue weighted by atomic mass is 35.5. The molecule has 8 heteroatoms. The number of nitrogens with zero attached hydrogens (tertiary/aromatic N) is 1. The molecular formula is C16H15Cl2N3O3. The summed E-state index contributed by atoms with van der Waals surface area (Å²) < 4.78 is 0. The van der Waals surface area contributed by atoms with Crippen LogP contribution < -0.4 is 10.6 Å². The van der Waals surface area contributed by atoms with E-state index in [2.05, 4.69) is 15.6 Å². The fourth-order valence-electron chi connectivity index (χ4n) is 1.97. The van der Waals surface area contributed by atoms with E-state index in [1.54, 1.807) is 30.6 Å². The third-order valence-electron chi connectivity index (χ3n) is 3.17. The summed E-state index contributed by atoms with van der Waals surface area (Å²) in [5, 5.41) is 15.4. The zero-order valence-electron chi connectivity index (χ0n) is 12.5. The Kier molecular flexibility index (Phi) is 6.54. The molecule has 1 atom stereocenters. The van der Waals surface area contributed by atoms with E-state index in [0.717, 1.165) is 5.56 Å². The van der Waals surface area contributed by atoms with Crippen molar-refractivity contribution in [3.63, 3.8) is 0 Å². The quantitative estimate of drug-likeness (QED) is 0.699. The predicted molar refractivity (Wildman–Crippen MR) is 92.2 cm³/mol. The molecule has 2 aromatic rings. The van der Waals surface area contributed by atoms with Crippen LogP contribution in [0, 0.1) is 0 Å². The van der Waals surface area contributed by atoms with Gasteiger partial charge in [-0.1, -0.05) is 29.3 Å². The lowest BCUT2D eigenvalue weighted by Gasteiger charge is -2.15. The van der Waals surface area contributed by atoms with Crippen molar-refractivity contribution in [2.45, 2.75) is 19.0 Å². The average molecular weight is 368 g/mol. The number of halogens is 2. The molecule has 0 radical (unpaired) electrons. The Balaban J connectivity index is 1.94. The number of carboxylic acids is 1. The van der Waals surface area contributed by atoms with Crippen LogP contribution in [0.5, 0.6) is 0 Å². The smallest absolute Gasteiger partial charge is 0.321 e. The maximum Gasteiger partial charge on any atom is 0.321 e. The summed E-state index contributed by atoms with van der Waals surface area (Å²) in [5.41, 5.74) is 1.20. The SMILES string of the molecule is O=C(CC(NCc1cccnc1)C(=O)O)Nc1ccc(Cl)cc1Cl. The number of carboxylic acid groups (broad SMARTS) is 1. The van der Waals surface area contributed by atoms with Gasteiger partial charge in [-0.15, -0.1) is 0 Å². The summed E-state index contributed by atoms with van der Waals surface area (Å²) in [6.45, 7) is 0.291. The second kappa shape index (κ2) is 8.63. The molecule has 3 N–H and O–H groups in total. The second-order valence-corrected chi connectivity index (χ2v) is 5.85. The number of carbonyl (C=O) groups excluding carboxylic acids is 1. The predicted octanol–water partition coefficient (Wildman–Crippen LogP) is 2.96. The zero-order chi connectivity index (χ0) is 17.5. The van der Waals surface area contributed by atoms with E-state index < -0.39 is 17.9 Å². The van der Waals surface area contributed by atoms with Gasteiger partial charge in [-0.05, 0) is 29.8 Å². The van der Waals surface area contributed by atoms with Crippen LogP contribution in [-0.4, -0.2) is 28.0 Å². The molecule has 0 bridgehead atoms. The molecule has 1 aromatic heterocycles. The third-order valence-corrected chi connectivity index (χ3v) is 3.72. The standard InChI is InChI=1S/C16H15Cl2N3O3/c17-11-3-4-13(12(18)6-11)21-15(22)7-14(16(23)24)20-9-10-2-1-5-19-8-10/h1-6,8,14,20H,7,9H2,(H,21,22)(H,23,24). The van der Waals surface area contributed by atoms with Crippen molar-refractivity contribution >= 4 is 40.8 Å². The van der Waals surface area contributed by atoms with Crippen molar-refractivity contribution in [2.75, 3.05) is 5.32 Å². The van der Waals surface area contributed by atoms with Crippen molar-refractivity contribution in [3.05, 3.63) is 58.3 Å². The fourth-order valence-corrected chi connectivity index (χ4v) is 2.42. The number of anilines is 1. The first-order chi connectivity index (χ1) is 11.5. The van der Waals surface area contributed by atoms with Gasteiger partial charge in [-0.2, -0.15) is 0 Å². The fraction of sp³-hybridized carbons (Fsp3) is 0.188. The Labute approximate surface area is 148 Å². The first-order valence-corrected chi connectivity index (χ1v) is 7.81. The molecular weight excluding hydrogens is 353 g/mol. The molecule has 1 unspecified atom stereocenters.